The van der Waals surface area contributed by atoms with E-state index in [2.05, 4.69) is 31.7 Å². The van der Waals surface area contributed by atoms with Gasteiger partial charge in [-0.05, 0) is 36.6 Å². The minimum atomic E-state index is 0.383. The van der Waals surface area contributed by atoms with E-state index in [0.717, 1.165) is 55.2 Å². The predicted molar refractivity (Wildman–Crippen MR) is 109 cm³/mol. The summed E-state index contributed by atoms with van der Waals surface area (Å²) in [7, 11) is 0. The number of para-hydroxylation sites is 2. The lowest BCUT2D eigenvalue weighted by atomic mass is 9.97. The Kier molecular flexibility index (Phi) is 4.45. The fourth-order valence-corrected chi connectivity index (χ4v) is 4.00. The SMILES string of the molecule is c1cncc(Cn2ccnc2C2CCCN(c3cnc4ccccc4n3)C2)c1. The van der Waals surface area contributed by atoms with Gasteiger partial charge in [0.1, 0.15) is 11.6 Å². The van der Waals surface area contributed by atoms with Crippen molar-refractivity contribution in [3.63, 3.8) is 0 Å². The van der Waals surface area contributed by atoms with Crippen LogP contribution in [0.2, 0.25) is 0 Å². The van der Waals surface area contributed by atoms with Gasteiger partial charge in [0.25, 0.3) is 0 Å². The molecular formula is C22H22N6. The number of nitrogens with zero attached hydrogens (tertiary/aromatic N) is 6. The van der Waals surface area contributed by atoms with Crippen LogP contribution in [0.5, 0.6) is 0 Å². The summed E-state index contributed by atoms with van der Waals surface area (Å²) in [5.41, 5.74) is 3.07. The molecule has 1 unspecified atom stereocenters. The van der Waals surface area contributed by atoms with Gasteiger partial charge in [0.2, 0.25) is 0 Å². The highest BCUT2D eigenvalue weighted by atomic mass is 15.2. The van der Waals surface area contributed by atoms with E-state index < -0.39 is 0 Å². The van der Waals surface area contributed by atoms with Crippen molar-refractivity contribution in [1.29, 1.82) is 0 Å². The van der Waals surface area contributed by atoms with Gasteiger partial charge in [0.15, 0.2) is 0 Å². The number of piperidine rings is 1. The molecule has 0 bridgehead atoms. The first-order chi connectivity index (χ1) is 13.9. The molecule has 6 nitrogen and oxygen atoms in total. The second kappa shape index (κ2) is 7.38. The molecule has 0 aliphatic carbocycles. The molecule has 1 aliphatic heterocycles. The number of fused-ring (bicyclic) bond motifs is 1. The van der Waals surface area contributed by atoms with E-state index in [-0.39, 0.29) is 0 Å². The Morgan fingerprint density at radius 1 is 0.964 bits per heavy atom. The largest absolute Gasteiger partial charge is 0.355 e. The van der Waals surface area contributed by atoms with Gasteiger partial charge in [-0.25, -0.2) is 9.97 Å². The highest BCUT2D eigenvalue weighted by Gasteiger charge is 2.25. The third-order valence-corrected chi connectivity index (χ3v) is 5.37. The number of anilines is 1. The van der Waals surface area contributed by atoms with E-state index in [1.165, 1.54) is 5.56 Å². The molecule has 0 saturated carbocycles. The summed E-state index contributed by atoms with van der Waals surface area (Å²) in [6, 6.07) is 12.1. The first kappa shape index (κ1) is 16.9. The molecular weight excluding hydrogens is 348 g/mol. The van der Waals surface area contributed by atoms with Crippen LogP contribution < -0.4 is 4.90 Å². The van der Waals surface area contributed by atoms with Crippen LogP contribution in [-0.2, 0) is 6.54 Å². The average Bonchev–Trinajstić information content (AvgIpc) is 3.22. The Bertz CT molecular complexity index is 1070. The second-order valence-corrected chi connectivity index (χ2v) is 7.28. The van der Waals surface area contributed by atoms with E-state index in [1.54, 1.807) is 0 Å². The fourth-order valence-electron chi connectivity index (χ4n) is 4.00. The zero-order valence-corrected chi connectivity index (χ0v) is 15.6. The van der Waals surface area contributed by atoms with Gasteiger partial charge >= 0.3 is 0 Å². The van der Waals surface area contributed by atoms with Gasteiger partial charge in [-0.3, -0.25) is 9.97 Å². The molecule has 6 heteroatoms. The minimum Gasteiger partial charge on any atom is -0.355 e. The van der Waals surface area contributed by atoms with Crippen molar-refractivity contribution in [2.24, 2.45) is 0 Å². The predicted octanol–water partition coefficient (Wildman–Crippen LogP) is 3.65. The zero-order chi connectivity index (χ0) is 18.8. The van der Waals surface area contributed by atoms with Crippen LogP contribution in [0.25, 0.3) is 11.0 Å². The van der Waals surface area contributed by atoms with Crippen molar-refractivity contribution in [3.05, 3.63) is 78.8 Å². The highest BCUT2D eigenvalue weighted by molar-refractivity contribution is 5.75. The molecule has 1 aromatic carbocycles. The topological polar surface area (TPSA) is 59.7 Å². The molecule has 0 spiro atoms. The fraction of sp³-hybridized carbons (Fsp3) is 0.273. The normalized spacial score (nSPS) is 17.1. The molecule has 5 rings (SSSR count). The molecule has 3 aromatic heterocycles. The molecule has 1 aliphatic rings. The molecule has 28 heavy (non-hydrogen) atoms. The van der Waals surface area contributed by atoms with Gasteiger partial charge < -0.3 is 9.47 Å². The monoisotopic (exact) mass is 370 g/mol. The number of imidazole rings is 1. The molecule has 1 atom stereocenters. The van der Waals surface area contributed by atoms with Crippen LogP contribution >= 0.6 is 0 Å². The van der Waals surface area contributed by atoms with E-state index in [0.29, 0.717) is 5.92 Å². The van der Waals surface area contributed by atoms with Crippen molar-refractivity contribution in [2.75, 3.05) is 18.0 Å². The summed E-state index contributed by atoms with van der Waals surface area (Å²) < 4.78 is 2.25. The number of pyridine rings is 1. The quantitative estimate of drug-likeness (QED) is 0.549. The van der Waals surface area contributed by atoms with Crippen LogP contribution in [-0.4, -0.2) is 37.6 Å². The van der Waals surface area contributed by atoms with Crippen molar-refractivity contribution < 1.29 is 0 Å². The number of rotatable bonds is 4. The van der Waals surface area contributed by atoms with Gasteiger partial charge in [-0.15, -0.1) is 0 Å². The molecule has 0 N–H and O–H groups in total. The lowest BCUT2D eigenvalue weighted by Crippen LogP contribution is -2.36. The molecule has 1 saturated heterocycles. The van der Waals surface area contributed by atoms with E-state index in [9.17, 15) is 0 Å². The maximum absolute atomic E-state index is 4.83. The Morgan fingerprint density at radius 3 is 2.79 bits per heavy atom. The maximum atomic E-state index is 4.83. The first-order valence-electron chi connectivity index (χ1n) is 9.73. The van der Waals surface area contributed by atoms with Gasteiger partial charge in [-0.2, -0.15) is 0 Å². The molecule has 1 fully saturated rings. The number of benzene rings is 1. The summed E-state index contributed by atoms with van der Waals surface area (Å²) in [5, 5.41) is 0. The van der Waals surface area contributed by atoms with Gasteiger partial charge in [0, 0.05) is 43.8 Å². The van der Waals surface area contributed by atoms with Crippen molar-refractivity contribution in [2.45, 2.75) is 25.3 Å². The molecule has 0 amide bonds. The summed E-state index contributed by atoms with van der Waals surface area (Å²) >= 11 is 0. The van der Waals surface area contributed by atoms with Gasteiger partial charge in [0.05, 0.1) is 23.8 Å². The number of aromatic nitrogens is 5. The third-order valence-electron chi connectivity index (χ3n) is 5.37. The Morgan fingerprint density at radius 2 is 1.89 bits per heavy atom. The van der Waals surface area contributed by atoms with E-state index >= 15 is 0 Å². The molecule has 4 aromatic rings. The Labute approximate surface area is 163 Å². The number of hydrogen-bond acceptors (Lipinski definition) is 5. The van der Waals surface area contributed by atoms with Crippen LogP contribution in [0.3, 0.4) is 0 Å². The summed E-state index contributed by atoms with van der Waals surface area (Å²) in [6.45, 7) is 2.72. The molecule has 140 valence electrons. The van der Waals surface area contributed by atoms with Gasteiger partial charge in [-0.1, -0.05) is 18.2 Å². The molecule has 4 heterocycles. The van der Waals surface area contributed by atoms with Crippen molar-refractivity contribution >= 4 is 16.9 Å². The summed E-state index contributed by atoms with van der Waals surface area (Å²) in [6.07, 6.45) is 11.9. The zero-order valence-electron chi connectivity index (χ0n) is 15.6. The Balaban J connectivity index is 1.38. The minimum absolute atomic E-state index is 0.383. The van der Waals surface area contributed by atoms with Crippen LogP contribution in [0.15, 0.2) is 67.4 Å². The second-order valence-electron chi connectivity index (χ2n) is 7.28. The lowest BCUT2D eigenvalue weighted by Gasteiger charge is -2.33. The molecule has 0 radical (unpaired) electrons. The Hall–Kier alpha value is -3.28. The van der Waals surface area contributed by atoms with Crippen molar-refractivity contribution in [3.8, 4) is 0 Å². The standard InChI is InChI=1S/C22H22N6/c1-2-8-20-19(7-1)25-14-21(26-20)27-11-4-6-18(16-27)22-24-10-12-28(22)15-17-5-3-9-23-13-17/h1-3,5,7-10,12-14,18H,4,6,11,15-16H2. The van der Waals surface area contributed by atoms with Crippen LogP contribution in [0.4, 0.5) is 5.82 Å². The third kappa shape index (κ3) is 3.33. The van der Waals surface area contributed by atoms with E-state index in [1.807, 2.05) is 55.1 Å². The highest BCUT2D eigenvalue weighted by Crippen LogP contribution is 2.29. The summed E-state index contributed by atoms with van der Waals surface area (Å²) in [5.74, 6) is 2.48. The average molecular weight is 370 g/mol. The lowest BCUT2D eigenvalue weighted by molar-refractivity contribution is 0.474. The number of hydrogen-bond donors (Lipinski definition) is 0. The first-order valence-corrected chi connectivity index (χ1v) is 9.73. The maximum Gasteiger partial charge on any atom is 0.147 e. The smallest absolute Gasteiger partial charge is 0.147 e. The van der Waals surface area contributed by atoms with Crippen LogP contribution in [0.1, 0.15) is 30.1 Å². The van der Waals surface area contributed by atoms with Crippen molar-refractivity contribution in [1.82, 2.24) is 24.5 Å². The van der Waals surface area contributed by atoms with E-state index in [4.69, 9.17) is 9.97 Å². The van der Waals surface area contributed by atoms with Crippen LogP contribution in [0, 0.1) is 0 Å². The summed E-state index contributed by atoms with van der Waals surface area (Å²) in [4.78, 5) is 20.7.